The average Bonchev–Trinajstić information content (AvgIpc) is 2.99. The summed E-state index contributed by atoms with van der Waals surface area (Å²) in [6.07, 6.45) is -4.45. The third-order valence-corrected chi connectivity index (χ3v) is 5.41. The van der Waals surface area contributed by atoms with Crippen LogP contribution in [0.5, 0.6) is 5.75 Å². The van der Waals surface area contributed by atoms with Gasteiger partial charge in [-0.15, -0.1) is 13.2 Å². The summed E-state index contributed by atoms with van der Waals surface area (Å²) >= 11 is 0. The molecule has 6 nitrogen and oxygen atoms in total. The highest BCUT2D eigenvalue weighted by Crippen LogP contribution is 2.26. The number of alkyl halides is 3. The smallest absolute Gasteiger partial charge is 0.406 e. The summed E-state index contributed by atoms with van der Waals surface area (Å²) in [5, 5.41) is 3.14. The molecule has 0 radical (unpaired) electrons. The van der Waals surface area contributed by atoms with E-state index in [-0.39, 0.29) is 17.2 Å². The third kappa shape index (κ3) is 3.81. The molecule has 0 saturated carbocycles. The highest BCUT2D eigenvalue weighted by atomic mass is 32.2. The highest BCUT2D eigenvalue weighted by Gasteiger charge is 2.31. The molecule has 1 aliphatic rings. The third-order valence-electron chi connectivity index (χ3n) is 3.64. The summed E-state index contributed by atoms with van der Waals surface area (Å²) < 4.78 is 63.3. The molecule has 2 aromatic rings. The van der Waals surface area contributed by atoms with Crippen LogP contribution >= 0.6 is 0 Å². The Bertz CT molecular complexity index is 889. The maximum Gasteiger partial charge on any atom is 0.573 e. The summed E-state index contributed by atoms with van der Waals surface area (Å²) in [6, 6.07) is 4.70. The molecule has 1 aromatic carbocycles. The van der Waals surface area contributed by atoms with Crippen molar-refractivity contribution in [3.8, 4) is 5.75 Å². The Hall–Kier alpha value is -2.23. The number of aromatic nitrogens is 1. The maximum absolute atomic E-state index is 12.2. The lowest BCUT2D eigenvalue weighted by molar-refractivity contribution is -0.274. The van der Waals surface area contributed by atoms with Gasteiger partial charge in [-0.2, -0.15) is 0 Å². The van der Waals surface area contributed by atoms with Crippen molar-refractivity contribution < 1.29 is 31.1 Å². The van der Waals surface area contributed by atoms with Gasteiger partial charge >= 0.3 is 6.36 Å². The Morgan fingerprint density at radius 1 is 1.29 bits per heavy atom. The number of carbonyl (C=O) groups is 1. The fourth-order valence-electron chi connectivity index (χ4n) is 2.60. The van der Waals surface area contributed by atoms with Crippen molar-refractivity contribution in [2.75, 3.05) is 11.5 Å². The van der Waals surface area contributed by atoms with E-state index in [0.717, 1.165) is 12.1 Å². The first-order chi connectivity index (χ1) is 11.1. The van der Waals surface area contributed by atoms with Gasteiger partial charge in [-0.1, -0.05) is 0 Å². The Morgan fingerprint density at radius 2 is 2.04 bits per heavy atom. The maximum atomic E-state index is 12.2. The SMILES string of the molecule is O=C(N[C@H]1CCS(=O)(=O)C1)c1cc2ccc(OC(F)(F)F)cc2[nH]1. The van der Waals surface area contributed by atoms with Crippen molar-refractivity contribution in [3.05, 3.63) is 30.0 Å². The predicted molar refractivity (Wildman–Crippen MR) is 79.5 cm³/mol. The van der Waals surface area contributed by atoms with Gasteiger partial charge in [0, 0.05) is 23.0 Å². The number of amides is 1. The zero-order valence-electron chi connectivity index (χ0n) is 12.2. The fourth-order valence-corrected chi connectivity index (χ4v) is 4.27. The summed E-state index contributed by atoms with van der Waals surface area (Å²) in [5.41, 5.74) is 0.444. The number of carbonyl (C=O) groups excluding carboxylic acids is 1. The largest absolute Gasteiger partial charge is 0.573 e. The number of aromatic amines is 1. The van der Waals surface area contributed by atoms with Crippen molar-refractivity contribution in [2.24, 2.45) is 0 Å². The highest BCUT2D eigenvalue weighted by molar-refractivity contribution is 7.91. The van der Waals surface area contributed by atoms with Crippen LogP contribution in [0.25, 0.3) is 10.9 Å². The number of halogens is 3. The van der Waals surface area contributed by atoms with Gasteiger partial charge in [-0.25, -0.2) is 8.42 Å². The molecule has 1 amide bonds. The van der Waals surface area contributed by atoms with Crippen molar-refractivity contribution in [1.29, 1.82) is 0 Å². The van der Waals surface area contributed by atoms with Crippen LogP contribution in [0.1, 0.15) is 16.9 Å². The Labute approximate surface area is 134 Å². The fraction of sp³-hybridized carbons (Fsp3) is 0.357. The lowest BCUT2D eigenvalue weighted by Crippen LogP contribution is -2.35. The van der Waals surface area contributed by atoms with Crippen LogP contribution in [0.2, 0.25) is 0 Å². The molecule has 2 N–H and O–H groups in total. The van der Waals surface area contributed by atoms with E-state index >= 15 is 0 Å². The normalized spacial score (nSPS) is 20.2. The number of H-pyrrole nitrogens is 1. The van der Waals surface area contributed by atoms with Crippen molar-refractivity contribution in [3.63, 3.8) is 0 Å². The second kappa shape index (κ2) is 5.69. The molecule has 1 atom stereocenters. The number of ether oxygens (including phenoxy) is 1. The van der Waals surface area contributed by atoms with E-state index in [4.69, 9.17) is 0 Å². The van der Waals surface area contributed by atoms with Gasteiger partial charge in [0.15, 0.2) is 9.84 Å². The molecule has 0 unspecified atom stereocenters. The number of nitrogens with one attached hydrogen (secondary N) is 2. The van der Waals surface area contributed by atoms with Crippen LogP contribution in [-0.2, 0) is 9.84 Å². The minimum atomic E-state index is -4.80. The molecule has 0 bridgehead atoms. The Morgan fingerprint density at radius 3 is 2.67 bits per heavy atom. The lowest BCUT2D eigenvalue weighted by atomic mass is 10.2. The van der Waals surface area contributed by atoms with Crippen LogP contribution in [0, 0.1) is 0 Å². The number of rotatable bonds is 3. The van der Waals surface area contributed by atoms with Crippen LogP contribution in [0.3, 0.4) is 0 Å². The molecule has 3 rings (SSSR count). The molecule has 24 heavy (non-hydrogen) atoms. The summed E-state index contributed by atoms with van der Waals surface area (Å²) in [4.78, 5) is 14.9. The molecule has 0 aliphatic carbocycles. The first kappa shape index (κ1) is 16.6. The second-order valence-corrected chi connectivity index (χ2v) is 7.78. The molecule has 0 spiro atoms. The molecule has 1 saturated heterocycles. The van der Waals surface area contributed by atoms with Crippen LogP contribution in [0.4, 0.5) is 13.2 Å². The summed E-state index contributed by atoms with van der Waals surface area (Å²) in [5.74, 6) is -0.983. The quantitative estimate of drug-likeness (QED) is 0.874. The topological polar surface area (TPSA) is 88.3 Å². The van der Waals surface area contributed by atoms with Gasteiger partial charge in [0.1, 0.15) is 11.4 Å². The molecular formula is C14H13F3N2O4S. The average molecular weight is 362 g/mol. The van der Waals surface area contributed by atoms with E-state index in [1.54, 1.807) is 0 Å². The lowest BCUT2D eigenvalue weighted by Gasteiger charge is -2.09. The summed E-state index contributed by atoms with van der Waals surface area (Å²) in [6.45, 7) is 0. The van der Waals surface area contributed by atoms with E-state index in [0.29, 0.717) is 17.3 Å². The van der Waals surface area contributed by atoms with E-state index in [2.05, 4.69) is 15.0 Å². The number of fused-ring (bicyclic) bond motifs is 1. The molecule has 10 heteroatoms. The predicted octanol–water partition coefficient (Wildman–Crippen LogP) is 1.98. The molecule has 1 aromatic heterocycles. The van der Waals surface area contributed by atoms with Gasteiger partial charge < -0.3 is 15.0 Å². The van der Waals surface area contributed by atoms with E-state index < -0.39 is 33.9 Å². The van der Waals surface area contributed by atoms with Gasteiger partial charge in [-0.05, 0) is 24.6 Å². The zero-order valence-corrected chi connectivity index (χ0v) is 13.0. The van der Waals surface area contributed by atoms with Crippen molar-refractivity contribution in [1.82, 2.24) is 10.3 Å². The molecular weight excluding hydrogens is 349 g/mol. The standard InChI is InChI=1S/C14H13F3N2O4S/c15-14(16,17)23-10-2-1-8-5-12(19-11(8)6-10)13(20)18-9-3-4-24(21,22)7-9/h1-2,5-6,9,19H,3-4,7H2,(H,18,20)/t9-/m0/s1. The van der Waals surface area contributed by atoms with Crippen molar-refractivity contribution >= 4 is 26.6 Å². The minimum absolute atomic E-state index is 0.0305. The molecule has 1 fully saturated rings. The van der Waals surface area contributed by atoms with Crippen molar-refractivity contribution in [2.45, 2.75) is 18.8 Å². The van der Waals surface area contributed by atoms with E-state index in [1.165, 1.54) is 12.1 Å². The Balaban J connectivity index is 1.76. The molecule has 130 valence electrons. The summed E-state index contributed by atoms with van der Waals surface area (Å²) in [7, 11) is -3.12. The molecule has 1 aliphatic heterocycles. The van der Waals surface area contributed by atoms with E-state index in [1.807, 2.05) is 0 Å². The van der Waals surface area contributed by atoms with Crippen LogP contribution in [-0.4, -0.2) is 43.2 Å². The first-order valence-corrected chi connectivity index (χ1v) is 8.83. The second-order valence-electron chi connectivity index (χ2n) is 5.55. The number of benzene rings is 1. The van der Waals surface area contributed by atoms with Crippen LogP contribution < -0.4 is 10.1 Å². The Kier molecular flexibility index (Phi) is 3.94. The monoisotopic (exact) mass is 362 g/mol. The number of sulfone groups is 1. The van der Waals surface area contributed by atoms with E-state index in [9.17, 15) is 26.4 Å². The van der Waals surface area contributed by atoms with Gasteiger partial charge in [0.05, 0.1) is 11.5 Å². The first-order valence-electron chi connectivity index (χ1n) is 7.01. The van der Waals surface area contributed by atoms with Crippen LogP contribution in [0.15, 0.2) is 24.3 Å². The number of hydrogen-bond donors (Lipinski definition) is 2. The zero-order chi connectivity index (χ0) is 17.5. The van der Waals surface area contributed by atoms with Gasteiger partial charge in [-0.3, -0.25) is 4.79 Å². The number of hydrogen-bond acceptors (Lipinski definition) is 4. The van der Waals surface area contributed by atoms with Gasteiger partial charge in [0.2, 0.25) is 0 Å². The van der Waals surface area contributed by atoms with Gasteiger partial charge in [0.25, 0.3) is 5.91 Å². The minimum Gasteiger partial charge on any atom is -0.406 e. The molecule has 2 heterocycles.